The maximum Gasteiger partial charge on any atom is 0.416 e. The van der Waals surface area contributed by atoms with E-state index in [1.165, 1.54) is 30.4 Å². The van der Waals surface area contributed by atoms with Gasteiger partial charge in [0.05, 0.1) is 18.3 Å². The van der Waals surface area contributed by atoms with Gasteiger partial charge in [0.2, 0.25) is 6.29 Å². The lowest BCUT2D eigenvalue weighted by Crippen LogP contribution is -2.51. The molecule has 3 N–H and O–H groups in total. The van der Waals surface area contributed by atoms with Crippen molar-refractivity contribution in [2.24, 2.45) is 0 Å². The Morgan fingerprint density at radius 2 is 1.58 bits per heavy atom. The Hall–Kier alpha value is -2.91. The average Bonchev–Trinajstić information content (AvgIpc) is 2.79. The van der Waals surface area contributed by atoms with Crippen molar-refractivity contribution in [2.75, 3.05) is 6.61 Å². The third kappa shape index (κ3) is 5.20. The Bertz CT molecular complexity index is 1140. The second kappa shape index (κ2) is 9.52. The van der Waals surface area contributed by atoms with Gasteiger partial charge in [-0.1, -0.05) is 54.6 Å². The Kier molecular flexibility index (Phi) is 6.71. The summed E-state index contributed by atoms with van der Waals surface area (Å²) in [6.45, 7) is -0.503. The topological polar surface area (TPSA) is 79.2 Å². The number of hydrogen-bond donors (Lipinski definition) is 3. The van der Waals surface area contributed by atoms with Gasteiger partial charge in [0.25, 0.3) is 0 Å². The molecule has 0 radical (unpaired) electrons. The number of fused-ring (bicyclic) bond motifs is 1. The summed E-state index contributed by atoms with van der Waals surface area (Å²) in [6, 6.07) is 16.2. The average molecular weight is 460 g/mol. The van der Waals surface area contributed by atoms with E-state index in [0.717, 1.165) is 16.8 Å². The molecule has 4 atom stereocenters. The Balaban J connectivity index is 1.70. The lowest BCUT2D eigenvalue weighted by atomic mass is 10.0. The highest BCUT2D eigenvalue weighted by molar-refractivity contribution is 5.88. The smallest absolute Gasteiger partial charge is 0.416 e. The maximum atomic E-state index is 13.4. The highest BCUT2D eigenvalue weighted by atomic mass is 19.4. The molecule has 5 nitrogen and oxygen atoms in total. The molecule has 0 saturated carbocycles. The Morgan fingerprint density at radius 3 is 2.27 bits per heavy atom. The fraction of sp³-hybridized carbons (Fsp3) is 0.280. The van der Waals surface area contributed by atoms with Gasteiger partial charge in [-0.25, -0.2) is 0 Å². The molecular formula is C25H23F3O5. The normalized spacial score (nSPS) is 23.8. The van der Waals surface area contributed by atoms with Crippen LogP contribution in [-0.4, -0.2) is 46.5 Å². The summed E-state index contributed by atoms with van der Waals surface area (Å²) >= 11 is 0. The van der Waals surface area contributed by atoms with Gasteiger partial charge in [0.15, 0.2) is 0 Å². The van der Waals surface area contributed by atoms with Gasteiger partial charge in [-0.05, 0) is 34.5 Å². The van der Waals surface area contributed by atoms with Gasteiger partial charge in [0, 0.05) is 12.0 Å². The summed E-state index contributed by atoms with van der Waals surface area (Å²) in [5, 5.41) is 31.1. The van der Waals surface area contributed by atoms with Gasteiger partial charge in [-0.15, -0.1) is 0 Å². The van der Waals surface area contributed by atoms with Crippen LogP contribution in [0.2, 0.25) is 0 Å². The molecule has 1 aliphatic rings. The van der Waals surface area contributed by atoms with Crippen molar-refractivity contribution in [3.05, 3.63) is 77.4 Å². The molecule has 1 saturated heterocycles. The monoisotopic (exact) mass is 460 g/mol. The number of halogens is 3. The molecule has 33 heavy (non-hydrogen) atoms. The SMILES string of the molecule is OC[C@H]1O[C@@H](Oc2cc3ccccc3cc2/C=C/c2ccccc2C(F)(F)F)C[C@@H](O)[C@@H]1O. The van der Waals surface area contributed by atoms with E-state index < -0.39 is 42.9 Å². The minimum Gasteiger partial charge on any atom is -0.464 e. The van der Waals surface area contributed by atoms with Crippen molar-refractivity contribution in [3.8, 4) is 5.75 Å². The predicted octanol–water partition coefficient (Wildman–Crippen LogP) is 4.24. The zero-order valence-electron chi connectivity index (χ0n) is 17.4. The number of rotatable bonds is 5. The van der Waals surface area contributed by atoms with Crippen LogP contribution in [0, 0.1) is 0 Å². The van der Waals surface area contributed by atoms with Gasteiger partial charge in [0.1, 0.15) is 18.0 Å². The van der Waals surface area contributed by atoms with Crippen LogP contribution in [0.5, 0.6) is 5.75 Å². The van der Waals surface area contributed by atoms with E-state index in [2.05, 4.69) is 0 Å². The van der Waals surface area contributed by atoms with Crippen LogP contribution in [-0.2, 0) is 10.9 Å². The molecule has 3 aromatic rings. The first-order valence-electron chi connectivity index (χ1n) is 10.4. The number of alkyl halides is 3. The second-order valence-electron chi connectivity index (χ2n) is 7.85. The molecule has 4 rings (SSSR count). The zero-order valence-corrected chi connectivity index (χ0v) is 17.4. The number of benzene rings is 3. The van der Waals surface area contributed by atoms with Crippen LogP contribution in [0.4, 0.5) is 13.2 Å². The highest BCUT2D eigenvalue weighted by Crippen LogP contribution is 2.34. The maximum absolute atomic E-state index is 13.4. The van der Waals surface area contributed by atoms with E-state index in [4.69, 9.17) is 9.47 Å². The largest absolute Gasteiger partial charge is 0.464 e. The summed E-state index contributed by atoms with van der Waals surface area (Å²) in [6.07, 6.45) is -6.00. The molecule has 1 heterocycles. The zero-order chi connectivity index (χ0) is 23.6. The summed E-state index contributed by atoms with van der Waals surface area (Å²) in [5.74, 6) is 0.333. The van der Waals surface area contributed by atoms with Crippen LogP contribution in [0.1, 0.15) is 23.1 Å². The van der Waals surface area contributed by atoms with Crippen molar-refractivity contribution in [3.63, 3.8) is 0 Å². The van der Waals surface area contributed by atoms with Crippen molar-refractivity contribution >= 4 is 22.9 Å². The summed E-state index contributed by atoms with van der Waals surface area (Å²) in [4.78, 5) is 0. The molecule has 1 aliphatic heterocycles. The van der Waals surface area contributed by atoms with Crippen LogP contribution in [0.15, 0.2) is 60.7 Å². The molecule has 174 valence electrons. The quantitative estimate of drug-likeness (QED) is 0.497. The molecule has 0 aromatic heterocycles. The van der Waals surface area contributed by atoms with Gasteiger partial charge < -0.3 is 24.8 Å². The van der Waals surface area contributed by atoms with E-state index in [0.29, 0.717) is 11.3 Å². The van der Waals surface area contributed by atoms with Crippen molar-refractivity contribution in [2.45, 2.75) is 37.2 Å². The van der Waals surface area contributed by atoms with Crippen LogP contribution in [0.3, 0.4) is 0 Å². The van der Waals surface area contributed by atoms with E-state index in [9.17, 15) is 28.5 Å². The summed E-state index contributed by atoms with van der Waals surface area (Å²) < 4.78 is 51.6. The van der Waals surface area contributed by atoms with Crippen LogP contribution in [0.25, 0.3) is 22.9 Å². The van der Waals surface area contributed by atoms with E-state index in [-0.39, 0.29) is 12.0 Å². The van der Waals surface area contributed by atoms with E-state index in [1.54, 1.807) is 12.1 Å². The second-order valence-corrected chi connectivity index (χ2v) is 7.85. The molecule has 0 bridgehead atoms. The van der Waals surface area contributed by atoms with Crippen molar-refractivity contribution in [1.82, 2.24) is 0 Å². The highest BCUT2D eigenvalue weighted by Gasteiger charge is 2.37. The predicted molar refractivity (Wildman–Crippen MR) is 117 cm³/mol. The first-order chi connectivity index (χ1) is 15.8. The van der Waals surface area contributed by atoms with Gasteiger partial charge in [-0.2, -0.15) is 13.2 Å². The van der Waals surface area contributed by atoms with E-state index >= 15 is 0 Å². The van der Waals surface area contributed by atoms with Crippen LogP contribution < -0.4 is 4.74 Å². The summed E-state index contributed by atoms with van der Waals surface area (Å²) in [7, 11) is 0. The number of aliphatic hydroxyl groups is 3. The molecule has 3 aromatic carbocycles. The Labute approximate surface area is 188 Å². The third-order valence-corrected chi connectivity index (χ3v) is 5.56. The molecule has 0 aliphatic carbocycles. The Morgan fingerprint density at radius 1 is 0.939 bits per heavy atom. The van der Waals surface area contributed by atoms with E-state index in [1.807, 2.05) is 24.3 Å². The fourth-order valence-corrected chi connectivity index (χ4v) is 3.83. The van der Waals surface area contributed by atoms with Crippen molar-refractivity contribution in [1.29, 1.82) is 0 Å². The van der Waals surface area contributed by atoms with Gasteiger partial charge >= 0.3 is 6.18 Å². The molecule has 0 amide bonds. The molecule has 1 fully saturated rings. The first-order valence-corrected chi connectivity index (χ1v) is 10.4. The third-order valence-electron chi connectivity index (χ3n) is 5.56. The van der Waals surface area contributed by atoms with Gasteiger partial charge in [-0.3, -0.25) is 0 Å². The first kappa shape index (κ1) is 23.3. The molecule has 0 unspecified atom stereocenters. The lowest BCUT2D eigenvalue weighted by Gasteiger charge is -2.36. The minimum atomic E-state index is -4.49. The molecule has 8 heteroatoms. The van der Waals surface area contributed by atoms with Crippen LogP contribution >= 0.6 is 0 Å². The lowest BCUT2D eigenvalue weighted by molar-refractivity contribution is -0.229. The molecular weight excluding hydrogens is 437 g/mol. The molecule has 0 spiro atoms. The minimum absolute atomic E-state index is 0.0110. The number of ether oxygens (including phenoxy) is 2. The fourth-order valence-electron chi connectivity index (χ4n) is 3.83. The standard InChI is InChI=1S/C25H23F3O5/c26-25(27,28)19-8-4-3-5-15(19)9-10-18-11-16-6-1-2-7-17(16)12-21(18)32-23-13-20(30)24(31)22(14-29)33-23/h1-12,20,22-24,29-31H,13-14H2/b10-9+/t20-,22-,23-,24+/m1/s1. The number of hydrogen-bond acceptors (Lipinski definition) is 5. The summed E-state index contributed by atoms with van der Waals surface area (Å²) in [5.41, 5.74) is -0.227. The number of aliphatic hydroxyl groups excluding tert-OH is 3. The van der Waals surface area contributed by atoms with Crippen molar-refractivity contribution < 1.29 is 38.0 Å².